The van der Waals surface area contributed by atoms with E-state index >= 15 is 0 Å². The van der Waals surface area contributed by atoms with E-state index in [-0.39, 0.29) is 23.7 Å². The summed E-state index contributed by atoms with van der Waals surface area (Å²) in [5, 5.41) is 7.62. The van der Waals surface area contributed by atoms with Gasteiger partial charge in [0.25, 0.3) is 0 Å². The molecule has 96 valence electrons. The minimum atomic E-state index is -0.371. The second-order valence-electron chi connectivity index (χ2n) is 4.40. The van der Waals surface area contributed by atoms with Gasteiger partial charge < -0.3 is 9.47 Å². The van der Waals surface area contributed by atoms with E-state index in [0.29, 0.717) is 13.2 Å². The Morgan fingerprint density at radius 1 is 1.24 bits per heavy atom. The number of nitrogens with one attached hydrogen (secondary N) is 1. The minimum absolute atomic E-state index is 0. The molecule has 0 unspecified atom stereocenters. The number of hydrogen-bond donors (Lipinski definition) is 1. The van der Waals surface area contributed by atoms with E-state index in [0.717, 1.165) is 5.56 Å². The average molecular weight is 258 g/mol. The molecule has 17 heavy (non-hydrogen) atoms. The Hall–Kier alpha value is -1.06. The minimum Gasteiger partial charge on any atom is -0.484 e. The molecule has 4 heteroatoms. The van der Waals surface area contributed by atoms with Crippen LogP contribution in [0.2, 0.25) is 0 Å². The maximum absolute atomic E-state index is 7.62. The van der Waals surface area contributed by atoms with Crippen molar-refractivity contribution in [1.82, 2.24) is 0 Å². The van der Waals surface area contributed by atoms with Crippen LogP contribution in [0.25, 0.3) is 0 Å². The van der Waals surface area contributed by atoms with Crippen LogP contribution in [-0.4, -0.2) is 19.6 Å². The van der Waals surface area contributed by atoms with Gasteiger partial charge >= 0.3 is 0 Å². The first-order valence-electron chi connectivity index (χ1n) is 5.31. The molecular weight excluding hydrogens is 238 g/mol. The van der Waals surface area contributed by atoms with Crippen molar-refractivity contribution in [2.75, 3.05) is 13.7 Å². The molecule has 0 amide bonds. The van der Waals surface area contributed by atoms with Crippen molar-refractivity contribution in [3.8, 4) is 0 Å². The summed E-state index contributed by atoms with van der Waals surface area (Å²) in [6, 6.07) is 10.00. The Kier molecular flexibility index (Phi) is 6.85. The van der Waals surface area contributed by atoms with Crippen LogP contribution in [0.15, 0.2) is 30.3 Å². The molecule has 0 spiro atoms. The van der Waals surface area contributed by atoms with E-state index in [1.54, 1.807) is 0 Å². The van der Waals surface area contributed by atoms with Gasteiger partial charge in [0, 0.05) is 0 Å². The second-order valence-corrected chi connectivity index (χ2v) is 4.40. The van der Waals surface area contributed by atoms with Gasteiger partial charge in [0.1, 0.15) is 0 Å². The lowest BCUT2D eigenvalue weighted by molar-refractivity contribution is 0.0697. The summed E-state index contributed by atoms with van der Waals surface area (Å²) in [5.41, 5.74) is 0.769. The highest BCUT2D eigenvalue weighted by Gasteiger charge is 2.25. The third-order valence-electron chi connectivity index (χ3n) is 2.39. The van der Waals surface area contributed by atoms with E-state index in [4.69, 9.17) is 14.9 Å². The van der Waals surface area contributed by atoms with Crippen LogP contribution in [-0.2, 0) is 16.1 Å². The summed E-state index contributed by atoms with van der Waals surface area (Å²) in [6.45, 7) is 4.92. The van der Waals surface area contributed by atoms with Crippen LogP contribution in [0.5, 0.6) is 0 Å². The quantitative estimate of drug-likeness (QED) is 0.650. The van der Waals surface area contributed by atoms with E-state index < -0.39 is 0 Å². The van der Waals surface area contributed by atoms with Crippen molar-refractivity contribution < 1.29 is 9.47 Å². The second kappa shape index (κ2) is 7.30. The maximum atomic E-state index is 7.62. The van der Waals surface area contributed by atoms with Crippen molar-refractivity contribution in [1.29, 1.82) is 5.41 Å². The molecule has 1 aromatic rings. The first-order chi connectivity index (χ1) is 7.56. The normalized spacial score (nSPS) is 10.5. The number of ether oxygens (including phenoxy) is 2. The highest BCUT2D eigenvalue weighted by atomic mass is 35.5. The fraction of sp³-hybridized carbons (Fsp3) is 0.462. The number of halogens is 1. The third-order valence-corrected chi connectivity index (χ3v) is 2.39. The third kappa shape index (κ3) is 5.20. The molecule has 3 nitrogen and oxygen atoms in total. The number of rotatable bonds is 5. The van der Waals surface area contributed by atoms with Crippen LogP contribution < -0.4 is 0 Å². The van der Waals surface area contributed by atoms with Gasteiger partial charge in [-0.3, -0.25) is 5.41 Å². The van der Waals surface area contributed by atoms with Crippen molar-refractivity contribution >= 4 is 18.3 Å². The molecule has 0 heterocycles. The zero-order valence-electron chi connectivity index (χ0n) is 10.5. The van der Waals surface area contributed by atoms with Crippen molar-refractivity contribution in [3.05, 3.63) is 35.9 Å². The van der Waals surface area contributed by atoms with Gasteiger partial charge in [-0.2, -0.15) is 0 Å². The highest BCUT2D eigenvalue weighted by molar-refractivity contribution is 5.85. The molecule has 0 aromatic heterocycles. The molecule has 0 aliphatic rings. The lowest BCUT2D eigenvalue weighted by atomic mass is 9.95. The highest BCUT2D eigenvalue weighted by Crippen LogP contribution is 2.18. The van der Waals surface area contributed by atoms with Gasteiger partial charge in [0.05, 0.1) is 25.7 Å². The maximum Gasteiger partial charge on any atom is 0.188 e. The smallest absolute Gasteiger partial charge is 0.188 e. The number of methoxy groups -OCH3 is 1. The van der Waals surface area contributed by atoms with Crippen LogP contribution in [0.4, 0.5) is 0 Å². The molecular formula is C13H20ClNO2. The van der Waals surface area contributed by atoms with Crippen LogP contribution in [0, 0.1) is 10.8 Å². The predicted molar refractivity (Wildman–Crippen MR) is 71.9 cm³/mol. The molecule has 1 N–H and O–H groups in total. The largest absolute Gasteiger partial charge is 0.484 e. The van der Waals surface area contributed by atoms with Gasteiger partial charge in [-0.1, -0.05) is 30.3 Å². The Bertz CT molecular complexity index is 339. The Labute approximate surface area is 109 Å². The molecule has 0 saturated heterocycles. The molecule has 0 fully saturated rings. The Morgan fingerprint density at radius 3 is 2.35 bits per heavy atom. The Balaban J connectivity index is 0.00000256. The fourth-order valence-corrected chi connectivity index (χ4v) is 1.34. The van der Waals surface area contributed by atoms with Gasteiger partial charge in [-0.05, 0) is 19.4 Å². The van der Waals surface area contributed by atoms with Crippen LogP contribution in [0.3, 0.4) is 0 Å². The van der Waals surface area contributed by atoms with Crippen molar-refractivity contribution in [3.63, 3.8) is 0 Å². The average Bonchev–Trinajstić information content (AvgIpc) is 2.29. The first-order valence-corrected chi connectivity index (χ1v) is 5.31. The summed E-state index contributed by atoms with van der Waals surface area (Å²) < 4.78 is 10.5. The molecule has 1 aromatic carbocycles. The molecule has 0 aliphatic heterocycles. The zero-order chi connectivity index (χ0) is 12.0. The van der Waals surface area contributed by atoms with E-state index in [9.17, 15) is 0 Å². The summed E-state index contributed by atoms with van der Waals surface area (Å²) in [7, 11) is 1.52. The summed E-state index contributed by atoms with van der Waals surface area (Å²) in [5.74, 6) is 0.251. The lowest BCUT2D eigenvalue weighted by Gasteiger charge is -2.23. The SMILES string of the molecule is COC(=N)C(C)(C)COCc1ccccc1.Cl. The van der Waals surface area contributed by atoms with Gasteiger partial charge in [0.15, 0.2) is 5.90 Å². The molecule has 0 saturated carbocycles. The molecule has 0 bridgehead atoms. The zero-order valence-corrected chi connectivity index (χ0v) is 11.3. The van der Waals surface area contributed by atoms with E-state index in [1.807, 2.05) is 44.2 Å². The first kappa shape index (κ1) is 15.9. The fourth-order valence-electron chi connectivity index (χ4n) is 1.34. The monoisotopic (exact) mass is 257 g/mol. The standard InChI is InChI=1S/C13H19NO2.ClH/c1-13(2,12(14)15-3)10-16-9-11-7-5-4-6-8-11;/h4-8,14H,9-10H2,1-3H3;1H. The predicted octanol–water partition coefficient (Wildman–Crippen LogP) is 3.27. The lowest BCUT2D eigenvalue weighted by Crippen LogP contribution is -2.30. The van der Waals surface area contributed by atoms with Crippen LogP contribution >= 0.6 is 12.4 Å². The van der Waals surface area contributed by atoms with E-state index in [1.165, 1.54) is 7.11 Å². The Morgan fingerprint density at radius 2 is 1.82 bits per heavy atom. The topological polar surface area (TPSA) is 42.3 Å². The molecule has 1 rings (SSSR count). The molecule has 0 radical (unpaired) electrons. The summed E-state index contributed by atoms with van der Waals surface area (Å²) in [4.78, 5) is 0. The van der Waals surface area contributed by atoms with Gasteiger partial charge in [-0.15, -0.1) is 12.4 Å². The summed E-state index contributed by atoms with van der Waals surface area (Å²) in [6.07, 6.45) is 0. The number of hydrogen-bond acceptors (Lipinski definition) is 3. The van der Waals surface area contributed by atoms with Gasteiger partial charge in [-0.25, -0.2) is 0 Å². The molecule has 0 atom stereocenters. The van der Waals surface area contributed by atoms with Crippen molar-refractivity contribution in [2.45, 2.75) is 20.5 Å². The van der Waals surface area contributed by atoms with Crippen LogP contribution in [0.1, 0.15) is 19.4 Å². The van der Waals surface area contributed by atoms with Crippen molar-refractivity contribution in [2.24, 2.45) is 5.41 Å². The molecule has 0 aliphatic carbocycles. The number of benzene rings is 1. The van der Waals surface area contributed by atoms with Gasteiger partial charge in [0.2, 0.25) is 0 Å². The summed E-state index contributed by atoms with van der Waals surface area (Å²) >= 11 is 0. The van der Waals surface area contributed by atoms with E-state index in [2.05, 4.69) is 0 Å².